The van der Waals surface area contributed by atoms with Gasteiger partial charge < -0.3 is 0 Å². The summed E-state index contributed by atoms with van der Waals surface area (Å²) in [4.78, 5) is 0. The van der Waals surface area contributed by atoms with Crippen molar-refractivity contribution in [1.29, 1.82) is 0 Å². The zero-order chi connectivity index (χ0) is 10.1. The standard InChI is InChI=1S/C14H21.Ti/c1-4-11-10(3)12(5-2)14-9-7-6-8-13(11)14;/h4-9H2,1-3H3;/q-1;+2. The number of hydrogen-bond acceptors (Lipinski definition) is 0. The summed E-state index contributed by atoms with van der Waals surface area (Å²) in [6.45, 7) is 6.93. The summed E-state index contributed by atoms with van der Waals surface area (Å²) < 4.78 is 0. The van der Waals surface area contributed by atoms with E-state index in [-0.39, 0.29) is 21.7 Å². The van der Waals surface area contributed by atoms with E-state index in [1.54, 1.807) is 27.8 Å². The van der Waals surface area contributed by atoms with Crippen LogP contribution in [0.3, 0.4) is 0 Å². The van der Waals surface area contributed by atoms with Gasteiger partial charge in [-0.2, -0.15) is 27.8 Å². The van der Waals surface area contributed by atoms with Crippen molar-refractivity contribution >= 4 is 0 Å². The first-order chi connectivity index (χ1) is 6.79. The second-order valence-corrected chi connectivity index (χ2v) is 4.45. The predicted octanol–water partition coefficient (Wildman–Crippen LogP) is 3.72. The minimum Gasteiger partial charge on any atom is -0.193 e. The van der Waals surface area contributed by atoms with Crippen LogP contribution >= 0.6 is 0 Å². The van der Waals surface area contributed by atoms with Crippen molar-refractivity contribution < 1.29 is 21.7 Å². The van der Waals surface area contributed by atoms with Crippen LogP contribution in [-0.2, 0) is 47.4 Å². The third-order valence-electron chi connectivity index (χ3n) is 3.81. The molecule has 0 nitrogen and oxygen atoms in total. The van der Waals surface area contributed by atoms with Gasteiger partial charge in [-0.25, -0.2) is 0 Å². The molecular formula is C14H21Ti+. The van der Waals surface area contributed by atoms with Gasteiger partial charge in [0.05, 0.1) is 0 Å². The Kier molecular flexibility index (Phi) is 4.74. The molecule has 1 aliphatic rings. The molecule has 80 valence electrons. The smallest absolute Gasteiger partial charge is 0.193 e. The minimum absolute atomic E-state index is 0. The SMILES string of the molecule is CCc1c2c([c-](CC)c1C)CCCC2.[Ti+2]. The molecule has 0 spiro atoms. The first kappa shape index (κ1) is 13.1. The molecule has 0 heterocycles. The molecule has 0 bridgehead atoms. The summed E-state index contributed by atoms with van der Waals surface area (Å²) >= 11 is 0. The van der Waals surface area contributed by atoms with Gasteiger partial charge in [0.25, 0.3) is 0 Å². The third kappa shape index (κ3) is 2.12. The van der Waals surface area contributed by atoms with Crippen molar-refractivity contribution in [3.05, 3.63) is 27.8 Å². The summed E-state index contributed by atoms with van der Waals surface area (Å²) in [5, 5.41) is 0. The molecule has 15 heavy (non-hydrogen) atoms. The zero-order valence-corrected chi connectivity index (χ0v) is 11.8. The van der Waals surface area contributed by atoms with Crippen molar-refractivity contribution in [2.75, 3.05) is 0 Å². The van der Waals surface area contributed by atoms with Crippen molar-refractivity contribution in [3.63, 3.8) is 0 Å². The molecule has 0 amide bonds. The Hall–Kier alpha value is 0.0643. The number of hydrogen-bond donors (Lipinski definition) is 0. The van der Waals surface area contributed by atoms with E-state index in [9.17, 15) is 0 Å². The molecule has 1 heteroatoms. The summed E-state index contributed by atoms with van der Waals surface area (Å²) in [5.74, 6) is 0. The Morgan fingerprint density at radius 2 is 1.80 bits per heavy atom. The van der Waals surface area contributed by atoms with Crippen molar-refractivity contribution in [2.24, 2.45) is 0 Å². The van der Waals surface area contributed by atoms with Gasteiger partial charge in [0.2, 0.25) is 0 Å². The molecule has 0 aromatic heterocycles. The molecule has 0 unspecified atom stereocenters. The van der Waals surface area contributed by atoms with Gasteiger partial charge in [-0.1, -0.05) is 59.3 Å². The second kappa shape index (κ2) is 5.41. The first-order valence-corrected chi connectivity index (χ1v) is 6.08. The average Bonchev–Trinajstić information content (AvgIpc) is 2.49. The van der Waals surface area contributed by atoms with Crippen molar-refractivity contribution in [1.82, 2.24) is 0 Å². The molecule has 0 atom stereocenters. The van der Waals surface area contributed by atoms with E-state index in [2.05, 4.69) is 20.8 Å². The van der Waals surface area contributed by atoms with Gasteiger partial charge in [-0.3, -0.25) is 0 Å². The molecule has 1 aromatic carbocycles. The molecule has 0 saturated heterocycles. The summed E-state index contributed by atoms with van der Waals surface area (Å²) in [7, 11) is 0. The molecule has 1 aliphatic carbocycles. The largest absolute Gasteiger partial charge is 2.00 e. The second-order valence-electron chi connectivity index (χ2n) is 4.45. The maximum atomic E-state index is 2.33. The molecule has 1 aromatic rings. The molecule has 0 aliphatic heterocycles. The number of rotatable bonds is 2. The fourth-order valence-corrected chi connectivity index (χ4v) is 3.16. The maximum absolute atomic E-state index is 2.33. The van der Waals surface area contributed by atoms with Crippen molar-refractivity contribution in [3.8, 4) is 0 Å². The third-order valence-corrected chi connectivity index (χ3v) is 3.81. The fourth-order valence-electron chi connectivity index (χ4n) is 3.16. The maximum Gasteiger partial charge on any atom is 2.00 e. The van der Waals surface area contributed by atoms with Crippen LogP contribution in [0.2, 0.25) is 0 Å². The van der Waals surface area contributed by atoms with Crippen LogP contribution in [0.5, 0.6) is 0 Å². The Labute approximate surface area is 109 Å². The Morgan fingerprint density at radius 3 is 2.40 bits per heavy atom. The Balaban J connectivity index is 0.00000112. The van der Waals surface area contributed by atoms with E-state index in [0.717, 1.165) is 0 Å². The predicted molar refractivity (Wildman–Crippen MR) is 62.2 cm³/mol. The van der Waals surface area contributed by atoms with Crippen LogP contribution in [0.4, 0.5) is 0 Å². The minimum atomic E-state index is 0. The van der Waals surface area contributed by atoms with E-state index in [1.807, 2.05) is 0 Å². The van der Waals surface area contributed by atoms with Gasteiger partial charge >= 0.3 is 21.7 Å². The van der Waals surface area contributed by atoms with Gasteiger partial charge in [-0.05, 0) is 0 Å². The fraction of sp³-hybridized carbons (Fsp3) is 0.643. The van der Waals surface area contributed by atoms with Gasteiger partial charge in [-0.15, -0.1) is 0 Å². The van der Waals surface area contributed by atoms with Crippen LogP contribution in [0, 0.1) is 6.92 Å². The van der Waals surface area contributed by atoms with Crippen LogP contribution in [-0.4, -0.2) is 0 Å². The monoisotopic (exact) mass is 237 g/mol. The van der Waals surface area contributed by atoms with E-state index in [0.29, 0.717) is 0 Å². The molecule has 0 saturated carbocycles. The quantitative estimate of drug-likeness (QED) is 0.543. The van der Waals surface area contributed by atoms with Crippen LogP contribution in [0.1, 0.15) is 54.5 Å². The van der Waals surface area contributed by atoms with E-state index in [1.165, 1.54) is 38.5 Å². The summed E-state index contributed by atoms with van der Waals surface area (Å²) in [6, 6.07) is 0. The van der Waals surface area contributed by atoms with Crippen LogP contribution in [0.25, 0.3) is 0 Å². The molecule has 0 radical (unpaired) electrons. The van der Waals surface area contributed by atoms with Gasteiger partial charge in [0, 0.05) is 0 Å². The molecular weight excluding hydrogens is 216 g/mol. The molecule has 0 fully saturated rings. The molecule has 2 rings (SSSR count). The van der Waals surface area contributed by atoms with Gasteiger partial charge in [0.1, 0.15) is 0 Å². The molecule has 0 N–H and O–H groups in total. The van der Waals surface area contributed by atoms with Crippen LogP contribution < -0.4 is 0 Å². The average molecular weight is 237 g/mol. The van der Waals surface area contributed by atoms with Gasteiger partial charge in [0.15, 0.2) is 0 Å². The van der Waals surface area contributed by atoms with E-state index >= 15 is 0 Å². The van der Waals surface area contributed by atoms with Crippen molar-refractivity contribution in [2.45, 2.75) is 59.3 Å². The van der Waals surface area contributed by atoms with E-state index < -0.39 is 0 Å². The number of fused-ring (bicyclic) bond motifs is 1. The topological polar surface area (TPSA) is 0 Å². The first-order valence-electron chi connectivity index (χ1n) is 6.08. The summed E-state index contributed by atoms with van der Waals surface area (Å²) in [6.07, 6.45) is 7.97. The normalized spacial score (nSPS) is 14.6. The van der Waals surface area contributed by atoms with Crippen LogP contribution in [0.15, 0.2) is 0 Å². The van der Waals surface area contributed by atoms with E-state index in [4.69, 9.17) is 0 Å². The zero-order valence-electron chi connectivity index (χ0n) is 10.2. The Morgan fingerprint density at radius 1 is 1.13 bits per heavy atom. The Bertz CT molecular complexity index is 302. The summed E-state index contributed by atoms with van der Waals surface area (Å²) in [5.41, 5.74) is 8.43.